The van der Waals surface area contributed by atoms with E-state index in [1.165, 1.54) is 0 Å². The van der Waals surface area contributed by atoms with Gasteiger partial charge in [0.15, 0.2) is 0 Å². The molecular formula is C13H21NO2. The van der Waals surface area contributed by atoms with Gasteiger partial charge in [-0.15, -0.1) is 0 Å². The summed E-state index contributed by atoms with van der Waals surface area (Å²) in [6, 6.07) is 8.01. The van der Waals surface area contributed by atoms with Crippen LogP contribution in [0.4, 0.5) is 5.69 Å². The average molecular weight is 223 g/mol. The molecule has 1 rings (SSSR count). The van der Waals surface area contributed by atoms with Crippen LogP contribution in [0, 0.1) is 6.92 Å². The topological polar surface area (TPSA) is 43.7 Å². The molecule has 2 unspecified atom stereocenters. The molecule has 90 valence electrons. The fourth-order valence-corrected chi connectivity index (χ4v) is 1.83. The molecule has 3 nitrogen and oxygen atoms in total. The lowest BCUT2D eigenvalue weighted by atomic mass is 10.1. The molecule has 0 amide bonds. The Morgan fingerprint density at radius 2 is 1.56 bits per heavy atom. The van der Waals surface area contributed by atoms with Crippen molar-refractivity contribution in [2.75, 3.05) is 18.0 Å². The first-order chi connectivity index (χ1) is 7.50. The summed E-state index contributed by atoms with van der Waals surface area (Å²) in [7, 11) is 0. The number of aliphatic hydroxyl groups is 2. The maximum absolute atomic E-state index is 9.46. The summed E-state index contributed by atoms with van der Waals surface area (Å²) in [6.07, 6.45) is -0.809. The summed E-state index contributed by atoms with van der Waals surface area (Å²) in [5.74, 6) is 0. The van der Waals surface area contributed by atoms with E-state index in [2.05, 4.69) is 0 Å². The van der Waals surface area contributed by atoms with Crippen molar-refractivity contribution in [1.29, 1.82) is 0 Å². The molecule has 16 heavy (non-hydrogen) atoms. The van der Waals surface area contributed by atoms with Gasteiger partial charge in [-0.3, -0.25) is 0 Å². The molecule has 3 heteroatoms. The number of anilines is 1. The van der Waals surface area contributed by atoms with Crippen LogP contribution in [0.25, 0.3) is 0 Å². The van der Waals surface area contributed by atoms with Crippen molar-refractivity contribution in [3.63, 3.8) is 0 Å². The molecule has 0 aliphatic heterocycles. The van der Waals surface area contributed by atoms with Gasteiger partial charge in [-0.1, -0.05) is 18.2 Å². The van der Waals surface area contributed by atoms with E-state index in [0.29, 0.717) is 13.1 Å². The smallest absolute Gasteiger partial charge is 0.0687 e. The highest BCUT2D eigenvalue weighted by Crippen LogP contribution is 2.19. The highest BCUT2D eigenvalue weighted by molar-refractivity contribution is 5.53. The van der Waals surface area contributed by atoms with Crippen LogP contribution in [0.3, 0.4) is 0 Å². The van der Waals surface area contributed by atoms with Gasteiger partial charge in [0.25, 0.3) is 0 Å². The first-order valence-electron chi connectivity index (χ1n) is 5.67. The number of para-hydroxylation sites is 1. The third-order valence-electron chi connectivity index (χ3n) is 2.43. The summed E-state index contributed by atoms with van der Waals surface area (Å²) in [5.41, 5.74) is 2.23. The first-order valence-corrected chi connectivity index (χ1v) is 5.67. The average Bonchev–Trinajstić information content (AvgIpc) is 2.15. The Labute approximate surface area is 97.3 Å². The van der Waals surface area contributed by atoms with Crippen LogP contribution in [0.2, 0.25) is 0 Å². The Morgan fingerprint density at radius 1 is 1.06 bits per heavy atom. The van der Waals surface area contributed by atoms with Gasteiger partial charge in [0.05, 0.1) is 12.2 Å². The maximum Gasteiger partial charge on any atom is 0.0687 e. The van der Waals surface area contributed by atoms with E-state index in [0.717, 1.165) is 11.3 Å². The summed E-state index contributed by atoms with van der Waals surface area (Å²) < 4.78 is 0. The van der Waals surface area contributed by atoms with Crippen molar-refractivity contribution in [3.05, 3.63) is 29.8 Å². The van der Waals surface area contributed by atoms with Gasteiger partial charge in [0, 0.05) is 18.8 Å². The van der Waals surface area contributed by atoms with Crippen LogP contribution in [-0.4, -0.2) is 35.5 Å². The Bertz CT molecular complexity index is 313. The van der Waals surface area contributed by atoms with E-state index in [-0.39, 0.29) is 0 Å². The number of hydrogen-bond donors (Lipinski definition) is 2. The zero-order chi connectivity index (χ0) is 12.1. The fraction of sp³-hybridized carbons (Fsp3) is 0.538. The molecule has 0 spiro atoms. The second-order valence-electron chi connectivity index (χ2n) is 4.39. The van der Waals surface area contributed by atoms with E-state index in [1.807, 2.05) is 36.1 Å². The van der Waals surface area contributed by atoms with Crippen LogP contribution < -0.4 is 4.90 Å². The molecule has 0 saturated carbocycles. The number of aryl methyl sites for hydroxylation is 1. The molecule has 0 bridgehead atoms. The quantitative estimate of drug-likeness (QED) is 0.796. The number of aliphatic hydroxyl groups excluding tert-OH is 2. The lowest BCUT2D eigenvalue weighted by molar-refractivity contribution is 0.178. The van der Waals surface area contributed by atoms with E-state index >= 15 is 0 Å². The summed E-state index contributed by atoms with van der Waals surface area (Å²) in [5, 5.41) is 18.9. The van der Waals surface area contributed by atoms with E-state index in [1.54, 1.807) is 13.8 Å². The molecule has 0 heterocycles. The number of benzene rings is 1. The number of hydrogen-bond acceptors (Lipinski definition) is 3. The Balaban J connectivity index is 2.87. The van der Waals surface area contributed by atoms with E-state index in [9.17, 15) is 10.2 Å². The van der Waals surface area contributed by atoms with Gasteiger partial charge >= 0.3 is 0 Å². The molecule has 2 N–H and O–H groups in total. The third-order valence-corrected chi connectivity index (χ3v) is 2.43. The normalized spacial score (nSPS) is 14.6. The van der Waals surface area contributed by atoms with E-state index in [4.69, 9.17) is 0 Å². The largest absolute Gasteiger partial charge is 0.392 e. The minimum Gasteiger partial charge on any atom is -0.392 e. The van der Waals surface area contributed by atoms with Crippen molar-refractivity contribution >= 4 is 5.69 Å². The zero-order valence-electron chi connectivity index (χ0n) is 10.2. The minimum atomic E-state index is -0.404. The predicted octanol–water partition coefficient (Wildman–Crippen LogP) is 1.56. The molecule has 0 aliphatic carbocycles. The van der Waals surface area contributed by atoms with Gasteiger partial charge in [-0.05, 0) is 32.4 Å². The van der Waals surface area contributed by atoms with Gasteiger partial charge in [0.2, 0.25) is 0 Å². The summed E-state index contributed by atoms with van der Waals surface area (Å²) in [6.45, 7) is 6.62. The number of nitrogens with zero attached hydrogens (tertiary/aromatic N) is 1. The standard InChI is InChI=1S/C13H21NO2/c1-10-6-4-5-7-13(10)14(8-11(2)15)9-12(3)16/h4-7,11-12,15-16H,8-9H2,1-3H3. The van der Waals surface area contributed by atoms with Crippen molar-refractivity contribution in [2.45, 2.75) is 33.0 Å². The van der Waals surface area contributed by atoms with Crippen LogP contribution in [0.5, 0.6) is 0 Å². The highest BCUT2D eigenvalue weighted by atomic mass is 16.3. The lowest BCUT2D eigenvalue weighted by Gasteiger charge is -2.28. The maximum atomic E-state index is 9.46. The lowest BCUT2D eigenvalue weighted by Crippen LogP contribution is -2.36. The molecule has 1 aromatic carbocycles. The monoisotopic (exact) mass is 223 g/mol. The molecule has 0 fully saturated rings. The van der Waals surface area contributed by atoms with Crippen LogP contribution >= 0.6 is 0 Å². The SMILES string of the molecule is Cc1ccccc1N(CC(C)O)CC(C)O. The van der Waals surface area contributed by atoms with Crippen molar-refractivity contribution < 1.29 is 10.2 Å². The molecular weight excluding hydrogens is 202 g/mol. The third kappa shape index (κ3) is 3.83. The van der Waals surface area contributed by atoms with Crippen molar-refractivity contribution in [2.24, 2.45) is 0 Å². The molecule has 1 aromatic rings. The highest BCUT2D eigenvalue weighted by Gasteiger charge is 2.13. The minimum absolute atomic E-state index is 0.404. The van der Waals surface area contributed by atoms with Gasteiger partial charge in [0.1, 0.15) is 0 Å². The molecule has 0 saturated heterocycles. The molecule has 2 atom stereocenters. The van der Waals surface area contributed by atoms with Crippen LogP contribution in [0.1, 0.15) is 19.4 Å². The second kappa shape index (κ2) is 5.87. The van der Waals surface area contributed by atoms with Crippen LogP contribution in [0.15, 0.2) is 24.3 Å². The van der Waals surface area contributed by atoms with Crippen molar-refractivity contribution in [3.8, 4) is 0 Å². The van der Waals surface area contributed by atoms with Gasteiger partial charge in [-0.2, -0.15) is 0 Å². The molecule has 0 aromatic heterocycles. The predicted molar refractivity (Wildman–Crippen MR) is 66.8 cm³/mol. The van der Waals surface area contributed by atoms with Crippen molar-refractivity contribution in [1.82, 2.24) is 0 Å². The van der Waals surface area contributed by atoms with E-state index < -0.39 is 12.2 Å². The Morgan fingerprint density at radius 3 is 2.00 bits per heavy atom. The van der Waals surface area contributed by atoms with Gasteiger partial charge < -0.3 is 15.1 Å². The zero-order valence-corrected chi connectivity index (χ0v) is 10.2. The Kier molecular flexibility index (Phi) is 4.77. The first kappa shape index (κ1) is 13.0. The van der Waals surface area contributed by atoms with Crippen LogP contribution in [-0.2, 0) is 0 Å². The Hall–Kier alpha value is -1.06. The fourth-order valence-electron chi connectivity index (χ4n) is 1.83. The summed E-state index contributed by atoms with van der Waals surface area (Å²) >= 11 is 0. The van der Waals surface area contributed by atoms with Gasteiger partial charge in [-0.25, -0.2) is 0 Å². The second-order valence-corrected chi connectivity index (χ2v) is 4.39. The molecule has 0 radical (unpaired) electrons. The molecule has 0 aliphatic rings. The summed E-state index contributed by atoms with van der Waals surface area (Å²) in [4.78, 5) is 2.02. The number of rotatable bonds is 5.